The highest BCUT2D eigenvalue weighted by atomic mass is 16.2. The Balaban J connectivity index is 1.53. The topological polar surface area (TPSA) is 52.2 Å². The van der Waals surface area contributed by atoms with Gasteiger partial charge >= 0.3 is 0 Å². The number of hydrogen-bond acceptors (Lipinski definition) is 3. The average Bonchev–Trinajstić information content (AvgIpc) is 3.18. The third kappa shape index (κ3) is 3.99. The Morgan fingerprint density at radius 3 is 2.83 bits per heavy atom. The molecule has 1 N–H and O–H groups in total. The highest BCUT2D eigenvalue weighted by Crippen LogP contribution is 2.22. The second-order valence-corrected chi connectivity index (χ2v) is 6.55. The SMILES string of the molecule is CN(C)C(=O)c1ccc(CN2CCC(Cc3ccncc3)C2)[nH]1. The van der Waals surface area contributed by atoms with Crippen LogP contribution in [0.2, 0.25) is 0 Å². The summed E-state index contributed by atoms with van der Waals surface area (Å²) < 4.78 is 0. The van der Waals surface area contributed by atoms with E-state index in [9.17, 15) is 4.79 Å². The zero-order valence-corrected chi connectivity index (χ0v) is 13.8. The van der Waals surface area contributed by atoms with E-state index in [2.05, 4.69) is 27.0 Å². The summed E-state index contributed by atoms with van der Waals surface area (Å²) in [4.78, 5) is 23.3. The molecule has 0 bridgehead atoms. The first kappa shape index (κ1) is 15.7. The van der Waals surface area contributed by atoms with E-state index in [4.69, 9.17) is 0 Å². The number of carbonyl (C=O) groups excluding carboxylic acids is 1. The number of amides is 1. The minimum Gasteiger partial charge on any atom is -0.353 e. The van der Waals surface area contributed by atoms with Crippen LogP contribution < -0.4 is 0 Å². The lowest BCUT2D eigenvalue weighted by atomic mass is 10.00. The second kappa shape index (κ2) is 6.96. The molecule has 1 atom stereocenters. The van der Waals surface area contributed by atoms with Crippen molar-refractivity contribution >= 4 is 5.91 Å². The Kier molecular flexibility index (Phi) is 4.76. The van der Waals surface area contributed by atoms with Crippen molar-refractivity contribution in [3.8, 4) is 0 Å². The summed E-state index contributed by atoms with van der Waals surface area (Å²) in [7, 11) is 3.54. The predicted octanol–water partition coefficient (Wildman–Crippen LogP) is 2.18. The molecule has 122 valence electrons. The van der Waals surface area contributed by atoms with Gasteiger partial charge in [-0.1, -0.05) is 0 Å². The molecule has 1 aliphatic heterocycles. The van der Waals surface area contributed by atoms with Crippen LogP contribution in [0.3, 0.4) is 0 Å². The number of nitrogens with zero attached hydrogens (tertiary/aromatic N) is 3. The van der Waals surface area contributed by atoms with E-state index in [1.54, 1.807) is 19.0 Å². The first-order valence-electron chi connectivity index (χ1n) is 8.12. The van der Waals surface area contributed by atoms with Gasteiger partial charge < -0.3 is 9.88 Å². The third-order valence-corrected chi connectivity index (χ3v) is 4.42. The lowest BCUT2D eigenvalue weighted by molar-refractivity contribution is 0.0822. The molecular weight excluding hydrogens is 288 g/mol. The van der Waals surface area contributed by atoms with Crippen LogP contribution >= 0.6 is 0 Å². The summed E-state index contributed by atoms with van der Waals surface area (Å²) in [6, 6.07) is 8.11. The standard InChI is InChI=1S/C18H24N4O/c1-21(2)18(23)17-4-3-16(20-17)13-22-10-7-15(12-22)11-14-5-8-19-9-6-14/h3-6,8-9,15,20H,7,10-13H2,1-2H3. The van der Waals surface area contributed by atoms with Crippen LogP contribution in [-0.4, -0.2) is 52.9 Å². The number of carbonyl (C=O) groups is 1. The molecule has 0 aromatic carbocycles. The van der Waals surface area contributed by atoms with Gasteiger partial charge in [-0.15, -0.1) is 0 Å². The minimum atomic E-state index is 0.0215. The van der Waals surface area contributed by atoms with Gasteiger partial charge in [0, 0.05) is 45.3 Å². The first-order chi connectivity index (χ1) is 11.1. The van der Waals surface area contributed by atoms with Crippen molar-refractivity contribution < 1.29 is 4.79 Å². The molecule has 5 heteroatoms. The van der Waals surface area contributed by atoms with Crippen molar-refractivity contribution in [2.24, 2.45) is 5.92 Å². The molecular formula is C18H24N4O. The van der Waals surface area contributed by atoms with Gasteiger partial charge in [0.2, 0.25) is 0 Å². The summed E-state index contributed by atoms with van der Waals surface area (Å²) in [6.07, 6.45) is 6.08. The predicted molar refractivity (Wildman–Crippen MR) is 90.1 cm³/mol. The highest BCUT2D eigenvalue weighted by molar-refractivity contribution is 5.92. The van der Waals surface area contributed by atoms with Gasteiger partial charge in [-0.25, -0.2) is 0 Å². The van der Waals surface area contributed by atoms with Crippen LogP contribution in [0.4, 0.5) is 0 Å². The summed E-state index contributed by atoms with van der Waals surface area (Å²) in [6.45, 7) is 3.11. The van der Waals surface area contributed by atoms with Gasteiger partial charge in [-0.3, -0.25) is 14.7 Å². The molecule has 1 saturated heterocycles. The Hall–Kier alpha value is -2.14. The Morgan fingerprint density at radius 2 is 2.09 bits per heavy atom. The lowest BCUT2D eigenvalue weighted by Gasteiger charge is -2.15. The fourth-order valence-electron chi connectivity index (χ4n) is 3.21. The molecule has 3 rings (SSSR count). The molecule has 1 fully saturated rings. The maximum Gasteiger partial charge on any atom is 0.269 e. The first-order valence-corrected chi connectivity index (χ1v) is 8.12. The summed E-state index contributed by atoms with van der Waals surface area (Å²) >= 11 is 0. The van der Waals surface area contributed by atoms with Crippen molar-refractivity contribution in [1.29, 1.82) is 0 Å². The number of H-pyrrole nitrogens is 1. The van der Waals surface area contributed by atoms with Crippen LogP contribution in [-0.2, 0) is 13.0 Å². The number of nitrogens with one attached hydrogen (secondary N) is 1. The van der Waals surface area contributed by atoms with Gasteiger partial charge in [0.25, 0.3) is 5.91 Å². The Morgan fingerprint density at radius 1 is 1.30 bits per heavy atom. The second-order valence-electron chi connectivity index (χ2n) is 6.55. The number of aromatic amines is 1. The largest absolute Gasteiger partial charge is 0.353 e. The van der Waals surface area contributed by atoms with Gasteiger partial charge in [0.05, 0.1) is 0 Å². The summed E-state index contributed by atoms with van der Waals surface area (Å²) in [5.41, 5.74) is 3.14. The number of aromatic nitrogens is 2. The Labute approximate surface area is 137 Å². The van der Waals surface area contributed by atoms with Crippen molar-refractivity contribution in [3.63, 3.8) is 0 Å². The number of rotatable bonds is 5. The van der Waals surface area contributed by atoms with E-state index in [-0.39, 0.29) is 5.91 Å². The fourth-order valence-corrected chi connectivity index (χ4v) is 3.21. The molecule has 0 saturated carbocycles. The number of likely N-dealkylation sites (tertiary alicyclic amines) is 1. The van der Waals surface area contributed by atoms with Crippen LogP contribution in [0, 0.1) is 5.92 Å². The van der Waals surface area contributed by atoms with E-state index in [0.29, 0.717) is 11.6 Å². The molecule has 3 heterocycles. The maximum absolute atomic E-state index is 11.9. The zero-order valence-electron chi connectivity index (χ0n) is 13.8. The summed E-state index contributed by atoms with van der Waals surface area (Å²) in [5, 5.41) is 0. The van der Waals surface area contributed by atoms with Crippen molar-refractivity contribution in [2.75, 3.05) is 27.2 Å². The van der Waals surface area contributed by atoms with Gasteiger partial charge in [0.1, 0.15) is 5.69 Å². The average molecular weight is 312 g/mol. The van der Waals surface area contributed by atoms with Crippen molar-refractivity contribution in [2.45, 2.75) is 19.4 Å². The highest BCUT2D eigenvalue weighted by Gasteiger charge is 2.23. The molecule has 1 unspecified atom stereocenters. The molecule has 2 aromatic heterocycles. The van der Waals surface area contributed by atoms with E-state index >= 15 is 0 Å². The molecule has 1 aliphatic rings. The van der Waals surface area contributed by atoms with Crippen LogP contribution in [0.5, 0.6) is 0 Å². The molecule has 2 aromatic rings. The monoisotopic (exact) mass is 312 g/mol. The number of pyridine rings is 1. The zero-order chi connectivity index (χ0) is 16.2. The van der Waals surface area contributed by atoms with E-state index in [1.807, 2.05) is 24.5 Å². The fraction of sp³-hybridized carbons (Fsp3) is 0.444. The van der Waals surface area contributed by atoms with Crippen LogP contribution in [0.25, 0.3) is 0 Å². The van der Waals surface area contributed by atoms with E-state index < -0.39 is 0 Å². The molecule has 23 heavy (non-hydrogen) atoms. The Bertz CT molecular complexity index is 650. The van der Waals surface area contributed by atoms with Crippen LogP contribution in [0.15, 0.2) is 36.7 Å². The smallest absolute Gasteiger partial charge is 0.269 e. The molecule has 0 aliphatic carbocycles. The third-order valence-electron chi connectivity index (χ3n) is 4.42. The minimum absolute atomic E-state index is 0.0215. The quantitative estimate of drug-likeness (QED) is 0.920. The van der Waals surface area contributed by atoms with Gasteiger partial charge in [-0.05, 0) is 55.1 Å². The van der Waals surface area contributed by atoms with Crippen molar-refractivity contribution in [1.82, 2.24) is 19.8 Å². The maximum atomic E-state index is 11.9. The van der Waals surface area contributed by atoms with Gasteiger partial charge in [0.15, 0.2) is 0 Å². The van der Waals surface area contributed by atoms with E-state index in [0.717, 1.165) is 31.7 Å². The van der Waals surface area contributed by atoms with E-state index in [1.165, 1.54) is 12.0 Å². The molecule has 0 radical (unpaired) electrons. The normalized spacial score (nSPS) is 18.3. The lowest BCUT2D eigenvalue weighted by Crippen LogP contribution is -2.23. The molecule has 0 spiro atoms. The molecule has 5 nitrogen and oxygen atoms in total. The van der Waals surface area contributed by atoms with Crippen LogP contribution in [0.1, 0.15) is 28.2 Å². The van der Waals surface area contributed by atoms with Crippen molar-refractivity contribution in [3.05, 3.63) is 53.6 Å². The number of hydrogen-bond donors (Lipinski definition) is 1. The van der Waals surface area contributed by atoms with Gasteiger partial charge in [-0.2, -0.15) is 0 Å². The molecule has 1 amide bonds. The summed E-state index contributed by atoms with van der Waals surface area (Å²) in [5.74, 6) is 0.725.